The molecule has 0 spiro atoms. The maximum absolute atomic E-state index is 9.40. The lowest BCUT2D eigenvalue weighted by Crippen LogP contribution is -2.38. The van der Waals surface area contributed by atoms with E-state index in [-0.39, 0.29) is 31.3 Å². The van der Waals surface area contributed by atoms with E-state index in [1.54, 1.807) is 11.8 Å². The molecule has 6 heteroatoms. The van der Waals surface area contributed by atoms with Crippen LogP contribution >= 0.6 is 11.8 Å². The third kappa shape index (κ3) is 5.71. The van der Waals surface area contributed by atoms with Gasteiger partial charge in [-0.2, -0.15) is 11.8 Å². The van der Waals surface area contributed by atoms with Gasteiger partial charge in [-0.3, -0.25) is 0 Å². The molecule has 1 heterocycles. The number of nitrogens with two attached hydrogens (primary N) is 1. The van der Waals surface area contributed by atoms with Crippen LogP contribution in [0.25, 0.3) is 11.1 Å². The Kier molecular flexibility index (Phi) is 8.78. The molecule has 0 aliphatic carbocycles. The van der Waals surface area contributed by atoms with Crippen molar-refractivity contribution >= 4 is 11.8 Å². The summed E-state index contributed by atoms with van der Waals surface area (Å²) in [5, 5.41) is 18.6. The van der Waals surface area contributed by atoms with Crippen LogP contribution in [0.15, 0.2) is 72.8 Å². The molecule has 180 valence electrons. The molecule has 0 aromatic heterocycles. The van der Waals surface area contributed by atoms with E-state index in [1.165, 1.54) is 0 Å². The maximum Gasteiger partial charge on any atom is 0.184 e. The van der Waals surface area contributed by atoms with E-state index in [9.17, 15) is 10.2 Å². The lowest BCUT2D eigenvalue weighted by molar-refractivity contribution is -0.268. The van der Waals surface area contributed by atoms with E-state index < -0.39 is 6.29 Å². The van der Waals surface area contributed by atoms with Gasteiger partial charge in [-0.05, 0) is 27.8 Å². The second-order valence-corrected chi connectivity index (χ2v) is 9.75. The Morgan fingerprint density at radius 3 is 2.26 bits per heavy atom. The van der Waals surface area contributed by atoms with Crippen LogP contribution in [0.4, 0.5) is 0 Å². The van der Waals surface area contributed by atoms with Crippen LogP contribution in [-0.2, 0) is 22.6 Å². The number of benzene rings is 3. The van der Waals surface area contributed by atoms with Crippen molar-refractivity contribution in [1.82, 2.24) is 0 Å². The fourth-order valence-corrected chi connectivity index (χ4v) is 5.28. The van der Waals surface area contributed by atoms with Crippen molar-refractivity contribution < 1.29 is 19.7 Å². The topological polar surface area (TPSA) is 84.9 Å². The van der Waals surface area contributed by atoms with Crippen molar-refractivity contribution in [3.8, 4) is 11.1 Å². The molecule has 1 fully saturated rings. The fraction of sp³-hybridized carbons (Fsp3) is 0.357. The van der Waals surface area contributed by atoms with Gasteiger partial charge in [0.15, 0.2) is 6.29 Å². The van der Waals surface area contributed by atoms with Gasteiger partial charge in [0.05, 0.1) is 25.4 Å². The Morgan fingerprint density at radius 2 is 1.59 bits per heavy atom. The number of thioether (sulfide) groups is 1. The van der Waals surface area contributed by atoms with Crippen molar-refractivity contribution in [2.45, 2.75) is 38.6 Å². The number of hydrogen-bond acceptors (Lipinski definition) is 6. The molecule has 0 unspecified atom stereocenters. The zero-order valence-electron chi connectivity index (χ0n) is 19.5. The second-order valence-electron chi connectivity index (χ2n) is 8.60. The molecule has 5 nitrogen and oxygen atoms in total. The Balaban J connectivity index is 1.59. The summed E-state index contributed by atoms with van der Waals surface area (Å²) in [4.78, 5) is 0. The highest BCUT2D eigenvalue weighted by molar-refractivity contribution is 7.99. The van der Waals surface area contributed by atoms with E-state index in [0.29, 0.717) is 12.3 Å². The molecule has 4 atom stereocenters. The van der Waals surface area contributed by atoms with Gasteiger partial charge >= 0.3 is 0 Å². The first-order chi connectivity index (χ1) is 16.6. The van der Waals surface area contributed by atoms with Crippen LogP contribution < -0.4 is 5.73 Å². The Bertz CT molecular complexity index is 1040. The van der Waals surface area contributed by atoms with Crippen molar-refractivity contribution in [1.29, 1.82) is 0 Å². The summed E-state index contributed by atoms with van der Waals surface area (Å²) in [6.07, 6.45) is -0.642. The van der Waals surface area contributed by atoms with Crippen LogP contribution in [0.2, 0.25) is 0 Å². The van der Waals surface area contributed by atoms with Crippen LogP contribution in [0.1, 0.15) is 41.6 Å². The molecule has 0 amide bonds. The Hall–Kier alpha value is -2.19. The first-order valence-corrected chi connectivity index (χ1v) is 12.9. The first kappa shape index (κ1) is 24.9. The number of hydrogen-bond donors (Lipinski definition) is 3. The summed E-state index contributed by atoms with van der Waals surface area (Å²) in [6.45, 7) is 2.82. The monoisotopic (exact) mass is 479 g/mol. The van der Waals surface area contributed by atoms with Gasteiger partial charge in [0.25, 0.3) is 0 Å². The molecule has 0 radical (unpaired) electrons. The van der Waals surface area contributed by atoms with E-state index >= 15 is 0 Å². The standard InChI is InChI=1S/C28H33NO4S/c1-19-26(18-34-15-14-30)32-28(33-27(19)22-8-6-20(17-31)7-9-22)23-12-10-21(11-13-23)25-5-3-2-4-24(25)16-29/h2-13,19,26-28,30-31H,14-18,29H2,1H3/t19-,26+,27+,28+/m1/s1. The highest BCUT2D eigenvalue weighted by atomic mass is 32.2. The van der Waals surface area contributed by atoms with Gasteiger partial charge in [0.2, 0.25) is 0 Å². The fourth-order valence-electron chi connectivity index (χ4n) is 4.37. The largest absolute Gasteiger partial charge is 0.396 e. The van der Waals surface area contributed by atoms with Gasteiger partial charge in [-0.25, -0.2) is 0 Å². The molecule has 3 aromatic rings. The van der Waals surface area contributed by atoms with E-state index in [4.69, 9.17) is 15.2 Å². The lowest BCUT2D eigenvalue weighted by atomic mass is 9.91. The van der Waals surface area contributed by atoms with E-state index in [0.717, 1.165) is 39.1 Å². The summed E-state index contributed by atoms with van der Waals surface area (Å²) in [5.74, 6) is 1.61. The molecule has 0 saturated carbocycles. The molecule has 1 saturated heterocycles. The summed E-state index contributed by atoms with van der Waals surface area (Å²) < 4.78 is 12.9. The molecular formula is C28H33NO4S. The molecule has 4 rings (SSSR count). The van der Waals surface area contributed by atoms with Crippen molar-refractivity contribution in [2.24, 2.45) is 11.7 Å². The summed E-state index contributed by atoms with van der Waals surface area (Å²) in [7, 11) is 0. The molecule has 3 aromatic carbocycles. The van der Waals surface area contributed by atoms with Crippen molar-refractivity contribution in [3.63, 3.8) is 0 Å². The SMILES string of the molecule is C[C@@H]1[C@H](CSCCO)O[C@H](c2ccc(-c3ccccc3CN)cc2)O[C@@H]1c1ccc(CO)cc1. The molecule has 1 aliphatic rings. The number of aliphatic hydroxyl groups is 2. The molecule has 34 heavy (non-hydrogen) atoms. The first-order valence-electron chi connectivity index (χ1n) is 11.7. The highest BCUT2D eigenvalue weighted by Gasteiger charge is 2.38. The zero-order valence-corrected chi connectivity index (χ0v) is 20.3. The smallest absolute Gasteiger partial charge is 0.184 e. The predicted molar refractivity (Wildman–Crippen MR) is 137 cm³/mol. The molecule has 4 N–H and O–H groups in total. The third-order valence-electron chi connectivity index (χ3n) is 6.37. The van der Waals surface area contributed by atoms with Gasteiger partial charge in [-0.15, -0.1) is 0 Å². The zero-order chi connectivity index (χ0) is 23.9. The molecule has 0 bridgehead atoms. The Morgan fingerprint density at radius 1 is 0.882 bits per heavy atom. The van der Waals surface area contributed by atoms with Crippen LogP contribution in [0.5, 0.6) is 0 Å². The van der Waals surface area contributed by atoms with E-state index in [2.05, 4.69) is 43.3 Å². The minimum atomic E-state index is -0.489. The molecular weight excluding hydrogens is 446 g/mol. The molecule has 1 aliphatic heterocycles. The van der Waals surface area contributed by atoms with Gasteiger partial charge in [-0.1, -0.05) is 79.7 Å². The van der Waals surface area contributed by atoms with Gasteiger partial charge in [0.1, 0.15) is 0 Å². The second kappa shape index (κ2) is 12.0. The Labute approximate surface area is 205 Å². The minimum Gasteiger partial charge on any atom is -0.396 e. The highest BCUT2D eigenvalue weighted by Crippen LogP contribution is 2.42. The number of aliphatic hydroxyl groups excluding tert-OH is 2. The summed E-state index contributed by atoms with van der Waals surface area (Å²) >= 11 is 1.69. The number of ether oxygens (including phenoxy) is 2. The van der Waals surface area contributed by atoms with Crippen LogP contribution in [0.3, 0.4) is 0 Å². The van der Waals surface area contributed by atoms with Gasteiger partial charge < -0.3 is 25.4 Å². The van der Waals surface area contributed by atoms with E-state index in [1.807, 2.05) is 36.4 Å². The average molecular weight is 480 g/mol. The third-order valence-corrected chi connectivity index (χ3v) is 7.41. The predicted octanol–water partition coefficient (Wildman–Crippen LogP) is 4.82. The van der Waals surface area contributed by atoms with Gasteiger partial charge in [0, 0.05) is 29.5 Å². The van der Waals surface area contributed by atoms with Crippen molar-refractivity contribution in [3.05, 3.63) is 95.1 Å². The normalized spacial score (nSPS) is 22.6. The minimum absolute atomic E-state index is 0.0181. The van der Waals surface area contributed by atoms with Crippen LogP contribution in [-0.4, -0.2) is 34.4 Å². The summed E-state index contributed by atoms with van der Waals surface area (Å²) in [5.41, 5.74) is 12.2. The number of rotatable bonds is 9. The lowest BCUT2D eigenvalue weighted by Gasteiger charge is -2.41. The van der Waals surface area contributed by atoms with Crippen LogP contribution in [0, 0.1) is 5.92 Å². The summed E-state index contributed by atoms with van der Waals surface area (Å²) in [6, 6.07) is 24.4. The quantitative estimate of drug-likeness (QED) is 0.382. The van der Waals surface area contributed by atoms with Crippen molar-refractivity contribution in [2.75, 3.05) is 18.1 Å². The maximum atomic E-state index is 9.40. The average Bonchev–Trinajstić information content (AvgIpc) is 2.90.